The molecule has 0 atom stereocenters. The molecular formula is C62H58N8O2S. The van der Waals surface area contributed by atoms with Crippen LogP contribution in [0.2, 0.25) is 0 Å². The number of anilines is 4. The van der Waals surface area contributed by atoms with Gasteiger partial charge in [0.05, 0.1) is 22.4 Å². The van der Waals surface area contributed by atoms with E-state index in [0.29, 0.717) is 30.5 Å². The van der Waals surface area contributed by atoms with Gasteiger partial charge in [-0.2, -0.15) is 0 Å². The number of fused-ring (bicyclic) bond motifs is 2. The molecule has 0 bridgehead atoms. The summed E-state index contributed by atoms with van der Waals surface area (Å²) in [5.41, 5.74) is 17.0. The largest absolute Gasteiger partial charge is 0.285 e. The van der Waals surface area contributed by atoms with Crippen LogP contribution in [0.3, 0.4) is 0 Å². The number of nitrogens with zero attached hydrogens (tertiary/aromatic N) is 8. The zero-order chi connectivity index (χ0) is 51.2. The number of aromatic nitrogens is 4. The Hall–Kier alpha value is -8.15. The summed E-state index contributed by atoms with van der Waals surface area (Å²) < 4.78 is 0. The number of likely N-dealkylation sites (N-methyl/N-ethyl adjacent to an activating group) is 2. The van der Waals surface area contributed by atoms with Crippen molar-refractivity contribution in [1.29, 1.82) is 0 Å². The Morgan fingerprint density at radius 1 is 0.521 bits per heavy atom. The van der Waals surface area contributed by atoms with Crippen molar-refractivity contribution < 1.29 is 9.59 Å². The van der Waals surface area contributed by atoms with Crippen molar-refractivity contribution in [3.05, 3.63) is 191 Å². The van der Waals surface area contributed by atoms with Gasteiger partial charge in [0.15, 0.2) is 16.7 Å². The van der Waals surface area contributed by atoms with E-state index < -0.39 is 11.8 Å². The second-order valence-electron chi connectivity index (χ2n) is 19.4. The Labute approximate surface area is 433 Å². The SMILES string of the molecule is CCN1C(=O)C(=C/C=C2/N(c3c(-c4ccc(-c5ccncc5)cc4)cc(C)cc3-c3ccc(-c4ccncc4)cc3)c3nc4cc(C)c(C)cc4nc3N2c2c(C(C)C)cccc2C(C)C)C(=O)N(CC)C1=S. The van der Waals surface area contributed by atoms with Gasteiger partial charge in [0.25, 0.3) is 11.8 Å². The Bertz CT molecular complexity index is 3370. The quantitative estimate of drug-likeness (QED) is 0.0713. The Kier molecular flexibility index (Phi) is 13.2. The lowest BCUT2D eigenvalue weighted by atomic mass is 9.91. The fraction of sp³-hybridized carbons (Fsp3) is 0.210. The first-order valence-electron chi connectivity index (χ1n) is 25.1. The van der Waals surface area contributed by atoms with Gasteiger partial charge in [-0.25, -0.2) is 9.97 Å². The van der Waals surface area contributed by atoms with E-state index >= 15 is 0 Å². The molecule has 8 aromatic rings. The summed E-state index contributed by atoms with van der Waals surface area (Å²) >= 11 is 5.73. The number of hydrogen-bond donors (Lipinski definition) is 0. The van der Waals surface area contributed by atoms with Crippen molar-refractivity contribution >= 4 is 63.2 Å². The summed E-state index contributed by atoms with van der Waals surface area (Å²) in [4.78, 5) is 56.2. The number of carbonyl (C=O) groups is 2. The number of benzene rings is 5. The molecule has 5 heterocycles. The molecule has 0 spiro atoms. The van der Waals surface area contributed by atoms with E-state index in [4.69, 9.17) is 22.2 Å². The van der Waals surface area contributed by atoms with Crippen molar-refractivity contribution in [2.24, 2.45) is 0 Å². The zero-order valence-corrected chi connectivity index (χ0v) is 43.6. The Morgan fingerprint density at radius 2 is 0.918 bits per heavy atom. The van der Waals surface area contributed by atoms with E-state index in [1.165, 1.54) is 9.80 Å². The van der Waals surface area contributed by atoms with Crippen LogP contribution >= 0.6 is 12.2 Å². The lowest BCUT2D eigenvalue weighted by Crippen LogP contribution is -2.55. The number of carbonyl (C=O) groups excluding carboxylic acids is 2. The number of hydrogen-bond acceptors (Lipinski definition) is 9. The summed E-state index contributed by atoms with van der Waals surface area (Å²) in [5, 5.41) is 0.207. The van der Waals surface area contributed by atoms with E-state index in [2.05, 4.69) is 159 Å². The molecule has 364 valence electrons. The molecule has 2 aliphatic rings. The van der Waals surface area contributed by atoms with Crippen LogP contribution in [0.4, 0.5) is 23.0 Å². The molecular weight excluding hydrogens is 921 g/mol. The molecule has 0 radical (unpaired) electrons. The first-order chi connectivity index (χ1) is 35.3. The summed E-state index contributed by atoms with van der Waals surface area (Å²) in [6.07, 6.45) is 10.8. The first kappa shape index (κ1) is 48.5. The van der Waals surface area contributed by atoms with Crippen molar-refractivity contribution in [3.63, 3.8) is 0 Å². The molecule has 11 heteroatoms. The van der Waals surface area contributed by atoms with E-state index in [0.717, 1.165) is 94.7 Å². The third-order valence-electron chi connectivity index (χ3n) is 14.0. The van der Waals surface area contributed by atoms with Crippen LogP contribution in [0.5, 0.6) is 0 Å². The maximum atomic E-state index is 14.5. The number of aryl methyl sites for hydroxylation is 3. The van der Waals surface area contributed by atoms with Gasteiger partial charge >= 0.3 is 0 Å². The third kappa shape index (κ3) is 8.77. The van der Waals surface area contributed by atoms with Crippen molar-refractivity contribution in [1.82, 2.24) is 29.7 Å². The highest BCUT2D eigenvalue weighted by atomic mass is 32.1. The zero-order valence-electron chi connectivity index (χ0n) is 42.8. The molecule has 2 amide bonds. The molecule has 73 heavy (non-hydrogen) atoms. The molecule has 5 aromatic carbocycles. The van der Waals surface area contributed by atoms with Crippen LogP contribution in [0, 0.1) is 20.8 Å². The maximum absolute atomic E-state index is 14.5. The van der Waals surface area contributed by atoms with Gasteiger partial charge in [-0.15, -0.1) is 0 Å². The third-order valence-corrected chi connectivity index (χ3v) is 14.5. The van der Waals surface area contributed by atoms with Crippen molar-refractivity contribution in [2.75, 3.05) is 22.9 Å². The first-order valence-corrected chi connectivity index (χ1v) is 25.5. The minimum Gasteiger partial charge on any atom is -0.285 e. The molecule has 1 fully saturated rings. The number of rotatable bonds is 11. The maximum Gasteiger partial charge on any atom is 0.265 e. The predicted octanol–water partition coefficient (Wildman–Crippen LogP) is 14.3. The number of thiocarbonyl (C=S) groups is 1. The summed E-state index contributed by atoms with van der Waals surface area (Å²) in [6.45, 7) is 19.6. The van der Waals surface area contributed by atoms with Gasteiger partial charge in [-0.3, -0.25) is 39.2 Å². The Morgan fingerprint density at radius 3 is 1.33 bits per heavy atom. The second-order valence-corrected chi connectivity index (χ2v) is 19.7. The number of amides is 2. The van der Waals surface area contributed by atoms with Crippen LogP contribution in [-0.4, -0.2) is 59.8 Å². The molecule has 1 saturated heterocycles. The Balaban J connectivity index is 1.34. The van der Waals surface area contributed by atoms with E-state index in [-0.39, 0.29) is 22.5 Å². The summed E-state index contributed by atoms with van der Waals surface area (Å²) in [6, 6.07) is 40.6. The van der Waals surface area contributed by atoms with E-state index in [1.54, 1.807) is 6.08 Å². The lowest BCUT2D eigenvalue weighted by molar-refractivity contribution is -0.133. The highest BCUT2D eigenvalue weighted by Crippen LogP contribution is 2.56. The monoisotopic (exact) mass is 978 g/mol. The van der Waals surface area contributed by atoms with Gasteiger partial charge in [0, 0.05) is 49.0 Å². The topological polar surface area (TPSA) is 98.7 Å². The standard InChI is InChI=1S/C62H58N8O2S/c1-10-67-60(71)50(61(72)68(11-2)62(67)73)23-24-55-69(56-48(37(3)4)13-12-14-49(56)38(5)6)58-59(66-54-36-41(9)40(8)35-53(54)65-58)70(55)57-51(46-19-15-42(16-20-46)44-25-29-63-30-26-44)33-39(7)34-52(57)47-21-17-43(18-22-47)45-27-31-64-32-28-45/h12-38H,10-11H2,1-9H3/b55-24+. The lowest BCUT2D eigenvalue weighted by Gasteiger charge is -2.35. The number of para-hydroxylation sites is 1. The highest BCUT2D eigenvalue weighted by molar-refractivity contribution is 7.80. The molecule has 10 nitrogen and oxygen atoms in total. The molecule has 2 aliphatic heterocycles. The molecule has 10 rings (SSSR count). The average molecular weight is 979 g/mol. The van der Waals surface area contributed by atoms with Gasteiger partial charge in [-0.05, 0) is 181 Å². The minimum absolute atomic E-state index is 0.0157. The van der Waals surface area contributed by atoms with Crippen LogP contribution in [0.15, 0.2) is 164 Å². The minimum atomic E-state index is -0.439. The van der Waals surface area contributed by atoms with Crippen molar-refractivity contribution in [3.8, 4) is 44.5 Å². The summed E-state index contributed by atoms with van der Waals surface area (Å²) in [5.74, 6) is 1.21. The molecule has 0 N–H and O–H groups in total. The molecule has 0 saturated carbocycles. The fourth-order valence-electron chi connectivity index (χ4n) is 10.1. The number of allylic oxidation sites excluding steroid dienone is 2. The normalized spacial score (nSPS) is 14.4. The summed E-state index contributed by atoms with van der Waals surface area (Å²) in [7, 11) is 0. The fourth-order valence-corrected chi connectivity index (χ4v) is 10.5. The van der Waals surface area contributed by atoms with Gasteiger partial charge in [0.2, 0.25) is 0 Å². The van der Waals surface area contributed by atoms with Gasteiger partial charge in [-0.1, -0.05) is 94.4 Å². The second kappa shape index (κ2) is 19.8. The van der Waals surface area contributed by atoms with Crippen LogP contribution < -0.4 is 9.80 Å². The van der Waals surface area contributed by atoms with Crippen LogP contribution in [0.25, 0.3) is 55.5 Å². The molecule has 3 aromatic heterocycles. The van der Waals surface area contributed by atoms with Crippen molar-refractivity contribution in [2.45, 2.75) is 74.1 Å². The van der Waals surface area contributed by atoms with E-state index in [1.807, 2.05) is 69.0 Å². The molecule has 0 aliphatic carbocycles. The van der Waals surface area contributed by atoms with Crippen LogP contribution in [0.1, 0.15) is 81.2 Å². The van der Waals surface area contributed by atoms with Gasteiger partial charge in [0.1, 0.15) is 11.4 Å². The highest BCUT2D eigenvalue weighted by Gasteiger charge is 2.42. The molecule has 0 unspecified atom stereocenters. The smallest absolute Gasteiger partial charge is 0.265 e. The van der Waals surface area contributed by atoms with Gasteiger partial charge < -0.3 is 0 Å². The predicted molar refractivity (Wildman–Crippen MR) is 300 cm³/mol. The average Bonchev–Trinajstić information content (AvgIpc) is 3.70. The van der Waals surface area contributed by atoms with Crippen LogP contribution in [-0.2, 0) is 9.59 Å². The number of pyridine rings is 2. The van der Waals surface area contributed by atoms with E-state index in [9.17, 15) is 9.59 Å².